The Bertz CT molecular complexity index is 367. The number of nitrogens with one attached hydrogen (secondary N) is 1. The van der Waals surface area contributed by atoms with Crippen molar-refractivity contribution in [1.82, 2.24) is 5.32 Å². The molecule has 1 N–H and O–H groups in total. The summed E-state index contributed by atoms with van der Waals surface area (Å²) in [5, 5.41) is 3.67. The molecule has 1 unspecified atom stereocenters. The van der Waals surface area contributed by atoms with Crippen LogP contribution in [0.2, 0.25) is 0 Å². The van der Waals surface area contributed by atoms with Gasteiger partial charge in [0.2, 0.25) is 0 Å². The zero-order chi connectivity index (χ0) is 12.8. The van der Waals surface area contributed by atoms with Gasteiger partial charge >= 0.3 is 0 Å². The topological polar surface area (TPSA) is 21.3 Å². The molecule has 2 rings (SSSR count). The molecule has 1 aromatic carbocycles. The Balaban J connectivity index is 2.08. The summed E-state index contributed by atoms with van der Waals surface area (Å²) < 4.78 is 5.58. The summed E-state index contributed by atoms with van der Waals surface area (Å²) in [4.78, 5) is 0. The fraction of sp³-hybridized carbons (Fsp3) is 0.625. The lowest BCUT2D eigenvalue weighted by atomic mass is 9.98. The second kappa shape index (κ2) is 6.79. The molecule has 100 valence electrons. The molecular weight excluding hydrogens is 222 g/mol. The van der Waals surface area contributed by atoms with E-state index in [9.17, 15) is 0 Å². The van der Waals surface area contributed by atoms with E-state index in [-0.39, 0.29) is 0 Å². The first-order valence-electron chi connectivity index (χ1n) is 7.34. The first-order chi connectivity index (χ1) is 8.85. The molecule has 0 bridgehead atoms. The van der Waals surface area contributed by atoms with Gasteiger partial charge < -0.3 is 10.1 Å². The van der Waals surface area contributed by atoms with Crippen LogP contribution in [0.25, 0.3) is 0 Å². The van der Waals surface area contributed by atoms with Crippen molar-refractivity contribution in [3.8, 4) is 5.75 Å². The fourth-order valence-corrected chi connectivity index (χ4v) is 2.54. The highest BCUT2D eigenvalue weighted by molar-refractivity contribution is 5.40. The number of benzene rings is 1. The summed E-state index contributed by atoms with van der Waals surface area (Å²) >= 11 is 0. The van der Waals surface area contributed by atoms with Crippen molar-refractivity contribution in [2.45, 2.75) is 52.0 Å². The smallest absolute Gasteiger partial charge is 0.122 e. The molecule has 18 heavy (non-hydrogen) atoms. The number of unbranched alkanes of at least 4 members (excludes halogenated alkanes) is 1. The van der Waals surface area contributed by atoms with Crippen LogP contribution in [0.1, 0.15) is 56.7 Å². The molecule has 0 aliphatic carbocycles. The van der Waals surface area contributed by atoms with Crippen molar-refractivity contribution in [1.29, 1.82) is 0 Å². The number of hydrogen-bond donors (Lipinski definition) is 1. The minimum atomic E-state index is 0.510. The minimum absolute atomic E-state index is 0.510. The largest absolute Gasteiger partial charge is 0.493 e. The number of hydrogen-bond acceptors (Lipinski definition) is 2. The molecule has 0 saturated heterocycles. The first kappa shape index (κ1) is 13.4. The standard InChI is InChI=1S/C16H25NO/c1-3-5-6-15(17-10-4-2)13-7-8-16-14(12-13)9-11-18-16/h7-8,12,15,17H,3-6,9-11H2,1-2H3. The third-order valence-corrected chi connectivity index (χ3v) is 3.60. The summed E-state index contributed by atoms with van der Waals surface area (Å²) in [5.74, 6) is 1.09. The van der Waals surface area contributed by atoms with Crippen LogP contribution in [0.4, 0.5) is 0 Å². The summed E-state index contributed by atoms with van der Waals surface area (Å²) in [6.45, 7) is 6.43. The minimum Gasteiger partial charge on any atom is -0.493 e. The fourth-order valence-electron chi connectivity index (χ4n) is 2.54. The molecule has 0 saturated carbocycles. The molecule has 1 heterocycles. The number of ether oxygens (including phenoxy) is 1. The van der Waals surface area contributed by atoms with Crippen molar-refractivity contribution >= 4 is 0 Å². The Morgan fingerprint density at radius 1 is 1.28 bits per heavy atom. The van der Waals surface area contributed by atoms with Crippen LogP contribution < -0.4 is 10.1 Å². The van der Waals surface area contributed by atoms with Crippen molar-refractivity contribution in [3.05, 3.63) is 29.3 Å². The second-order valence-corrected chi connectivity index (χ2v) is 5.11. The van der Waals surface area contributed by atoms with Crippen molar-refractivity contribution in [2.75, 3.05) is 13.2 Å². The predicted molar refractivity (Wildman–Crippen MR) is 76.2 cm³/mol. The van der Waals surface area contributed by atoms with Gasteiger partial charge in [0.1, 0.15) is 5.75 Å². The Kier molecular flexibility index (Phi) is 5.06. The van der Waals surface area contributed by atoms with E-state index in [1.54, 1.807) is 0 Å². The normalized spacial score (nSPS) is 15.2. The van der Waals surface area contributed by atoms with Crippen molar-refractivity contribution in [3.63, 3.8) is 0 Å². The summed E-state index contributed by atoms with van der Waals surface area (Å²) in [6.07, 6.45) is 6.04. The van der Waals surface area contributed by atoms with E-state index in [0.717, 1.165) is 25.3 Å². The van der Waals surface area contributed by atoms with Crippen LogP contribution in [0.3, 0.4) is 0 Å². The monoisotopic (exact) mass is 247 g/mol. The molecule has 0 aromatic heterocycles. The zero-order valence-electron chi connectivity index (χ0n) is 11.7. The molecule has 1 aliphatic rings. The van der Waals surface area contributed by atoms with Gasteiger partial charge in [0, 0.05) is 12.5 Å². The zero-order valence-corrected chi connectivity index (χ0v) is 11.7. The average molecular weight is 247 g/mol. The molecular formula is C16H25NO. The number of fused-ring (bicyclic) bond motifs is 1. The van der Waals surface area contributed by atoms with Crippen LogP contribution in [-0.4, -0.2) is 13.2 Å². The van der Waals surface area contributed by atoms with Gasteiger partial charge in [-0.3, -0.25) is 0 Å². The highest BCUT2D eigenvalue weighted by Gasteiger charge is 2.16. The van der Waals surface area contributed by atoms with Gasteiger partial charge in [0.25, 0.3) is 0 Å². The molecule has 2 nitrogen and oxygen atoms in total. The Morgan fingerprint density at radius 3 is 2.94 bits per heavy atom. The molecule has 0 amide bonds. The lowest BCUT2D eigenvalue weighted by Gasteiger charge is -2.19. The summed E-state index contributed by atoms with van der Waals surface area (Å²) in [6, 6.07) is 7.22. The molecule has 1 aromatic rings. The van der Waals surface area contributed by atoms with E-state index in [2.05, 4.69) is 37.4 Å². The molecule has 0 radical (unpaired) electrons. The first-order valence-corrected chi connectivity index (χ1v) is 7.34. The maximum absolute atomic E-state index is 5.58. The Morgan fingerprint density at radius 2 is 2.17 bits per heavy atom. The van der Waals surface area contributed by atoms with Gasteiger partial charge in [-0.25, -0.2) is 0 Å². The quantitative estimate of drug-likeness (QED) is 0.790. The van der Waals surface area contributed by atoms with Crippen LogP contribution in [0.15, 0.2) is 18.2 Å². The highest BCUT2D eigenvalue weighted by Crippen LogP contribution is 2.29. The Labute approximate surface area is 111 Å². The van der Waals surface area contributed by atoms with E-state index in [1.165, 1.54) is 36.8 Å². The van der Waals surface area contributed by atoms with Crippen molar-refractivity contribution in [2.24, 2.45) is 0 Å². The molecule has 2 heteroatoms. The summed E-state index contributed by atoms with van der Waals surface area (Å²) in [7, 11) is 0. The van der Waals surface area contributed by atoms with Crippen LogP contribution in [0, 0.1) is 0 Å². The van der Waals surface area contributed by atoms with Crippen LogP contribution >= 0.6 is 0 Å². The molecule has 0 fully saturated rings. The van der Waals surface area contributed by atoms with E-state index >= 15 is 0 Å². The predicted octanol–water partition coefficient (Wildman–Crippen LogP) is 3.85. The van der Waals surface area contributed by atoms with E-state index in [0.29, 0.717) is 6.04 Å². The van der Waals surface area contributed by atoms with Crippen LogP contribution in [0.5, 0.6) is 5.75 Å². The lowest BCUT2D eigenvalue weighted by molar-refractivity contribution is 0.356. The van der Waals surface area contributed by atoms with Gasteiger partial charge in [-0.15, -0.1) is 0 Å². The Hall–Kier alpha value is -1.02. The second-order valence-electron chi connectivity index (χ2n) is 5.11. The molecule has 1 aliphatic heterocycles. The van der Waals surface area contributed by atoms with Gasteiger partial charge in [0.15, 0.2) is 0 Å². The molecule has 0 spiro atoms. The number of rotatable bonds is 7. The van der Waals surface area contributed by atoms with Crippen LogP contribution in [-0.2, 0) is 6.42 Å². The molecule has 1 atom stereocenters. The highest BCUT2D eigenvalue weighted by atomic mass is 16.5. The van der Waals surface area contributed by atoms with Crippen molar-refractivity contribution < 1.29 is 4.74 Å². The maximum atomic E-state index is 5.58. The average Bonchev–Trinajstić information content (AvgIpc) is 2.86. The van der Waals surface area contributed by atoms with Gasteiger partial charge in [-0.2, -0.15) is 0 Å². The van der Waals surface area contributed by atoms with Gasteiger partial charge in [-0.05, 0) is 36.6 Å². The third-order valence-electron chi connectivity index (χ3n) is 3.60. The summed E-state index contributed by atoms with van der Waals surface area (Å²) in [5.41, 5.74) is 2.81. The lowest BCUT2D eigenvalue weighted by Crippen LogP contribution is -2.22. The van der Waals surface area contributed by atoms with Gasteiger partial charge in [0.05, 0.1) is 6.61 Å². The van der Waals surface area contributed by atoms with E-state index < -0.39 is 0 Å². The SMILES string of the molecule is CCCCC(NCCC)c1ccc2c(c1)CCO2. The van der Waals surface area contributed by atoms with E-state index in [4.69, 9.17) is 4.74 Å². The van der Waals surface area contributed by atoms with E-state index in [1.807, 2.05) is 0 Å². The van der Waals surface area contributed by atoms with Gasteiger partial charge in [-0.1, -0.05) is 38.8 Å². The maximum Gasteiger partial charge on any atom is 0.122 e. The third kappa shape index (κ3) is 3.26.